The van der Waals surface area contributed by atoms with Gasteiger partial charge in [-0.25, -0.2) is 0 Å². The summed E-state index contributed by atoms with van der Waals surface area (Å²) in [6.45, 7) is 0. The predicted octanol–water partition coefficient (Wildman–Crippen LogP) is 3.58. The Bertz CT molecular complexity index is 290. The van der Waals surface area contributed by atoms with Crippen LogP contribution in [0.25, 0.3) is 0 Å². The molecule has 0 unspecified atom stereocenters. The quantitative estimate of drug-likeness (QED) is 0.770. The number of para-hydroxylation sites is 1. The average Bonchev–Trinajstić information content (AvgIpc) is 2.91. The Balaban J connectivity index is 2.10. The van der Waals surface area contributed by atoms with Gasteiger partial charge in [0, 0.05) is 16.6 Å². The first-order chi connectivity index (χ1) is 6.75. The molecule has 1 nitrogen and oxygen atoms in total. The van der Waals surface area contributed by atoms with E-state index in [1.165, 1.54) is 0 Å². The number of anilines is 1. The van der Waals surface area contributed by atoms with Crippen molar-refractivity contribution in [1.82, 2.24) is 0 Å². The minimum Gasteiger partial charge on any atom is -0.381 e. The number of alkyl halides is 2. The maximum Gasteiger partial charge on any atom is 0.288 e. The van der Waals surface area contributed by atoms with Crippen LogP contribution in [0.1, 0.15) is 12.8 Å². The summed E-state index contributed by atoms with van der Waals surface area (Å²) in [6.07, 6.45) is 2.29. The molecule has 0 heterocycles. The highest BCUT2D eigenvalue weighted by atomic mass is 32.2. The molecule has 0 aliphatic heterocycles. The minimum absolute atomic E-state index is 0.495. The molecule has 0 spiro atoms. The summed E-state index contributed by atoms with van der Waals surface area (Å²) in [5.41, 5.74) is 0.834. The van der Waals surface area contributed by atoms with E-state index in [-0.39, 0.29) is 0 Å². The minimum atomic E-state index is -2.35. The van der Waals surface area contributed by atoms with E-state index in [0.717, 1.165) is 18.5 Å². The molecule has 1 aromatic rings. The number of rotatable bonds is 4. The third kappa shape index (κ3) is 2.61. The molecule has 0 aromatic heterocycles. The highest BCUT2D eigenvalue weighted by Crippen LogP contribution is 2.34. The lowest BCUT2D eigenvalue weighted by Gasteiger charge is -2.09. The fourth-order valence-electron chi connectivity index (χ4n) is 1.23. The number of halogens is 2. The molecule has 0 amide bonds. The van der Waals surface area contributed by atoms with Crippen LogP contribution < -0.4 is 5.32 Å². The molecule has 14 heavy (non-hydrogen) atoms. The van der Waals surface area contributed by atoms with E-state index in [1.807, 2.05) is 12.1 Å². The Morgan fingerprint density at radius 1 is 1.29 bits per heavy atom. The van der Waals surface area contributed by atoms with Gasteiger partial charge in [-0.1, -0.05) is 23.9 Å². The van der Waals surface area contributed by atoms with Crippen LogP contribution >= 0.6 is 11.8 Å². The van der Waals surface area contributed by atoms with Gasteiger partial charge in [-0.3, -0.25) is 0 Å². The van der Waals surface area contributed by atoms with E-state index in [4.69, 9.17) is 0 Å². The molecular weight excluding hydrogens is 204 g/mol. The van der Waals surface area contributed by atoms with Crippen molar-refractivity contribution >= 4 is 17.4 Å². The summed E-state index contributed by atoms with van der Waals surface area (Å²) in [5.74, 6) is -2.35. The normalized spacial score (nSPS) is 15.9. The van der Waals surface area contributed by atoms with Crippen LogP contribution in [0, 0.1) is 0 Å². The third-order valence-corrected chi connectivity index (χ3v) is 2.83. The SMILES string of the molecule is FC(F)Sc1ccccc1NC1CC1. The largest absolute Gasteiger partial charge is 0.381 e. The van der Waals surface area contributed by atoms with Crippen molar-refractivity contribution in [2.75, 3.05) is 5.32 Å². The molecule has 1 fully saturated rings. The van der Waals surface area contributed by atoms with Crippen LogP contribution in [-0.2, 0) is 0 Å². The van der Waals surface area contributed by atoms with Crippen LogP contribution in [0.2, 0.25) is 0 Å². The van der Waals surface area contributed by atoms with Crippen molar-refractivity contribution in [3.05, 3.63) is 24.3 Å². The van der Waals surface area contributed by atoms with Gasteiger partial charge < -0.3 is 5.32 Å². The molecule has 1 aliphatic carbocycles. The second-order valence-electron chi connectivity index (χ2n) is 3.29. The standard InChI is InChI=1S/C10H11F2NS/c11-10(12)14-9-4-2-1-3-8(9)13-7-5-6-7/h1-4,7,10,13H,5-6H2. The van der Waals surface area contributed by atoms with Gasteiger partial charge in [0.15, 0.2) is 0 Å². The first-order valence-corrected chi connectivity index (χ1v) is 5.44. The number of thioether (sulfide) groups is 1. The van der Waals surface area contributed by atoms with E-state index in [2.05, 4.69) is 5.32 Å². The van der Waals surface area contributed by atoms with Crippen LogP contribution in [0.5, 0.6) is 0 Å². The molecule has 4 heteroatoms. The molecule has 1 aromatic carbocycles. The maximum atomic E-state index is 12.2. The van der Waals surface area contributed by atoms with Crippen molar-refractivity contribution in [2.24, 2.45) is 0 Å². The fraction of sp³-hybridized carbons (Fsp3) is 0.400. The Hall–Kier alpha value is -0.770. The van der Waals surface area contributed by atoms with E-state index in [9.17, 15) is 8.78 Å². The highest BCUT2D eigenvalue weighted by molar-refractivity contribution is 7.99. The monoisotopic (exact) mass is 215 g/mol. The molecule has 1 aliphatic rings. The van der Waals surface area contributed by atoms with Gasteiger partial charge in [0.05, 0.1) is 0 Å². The van der Waals surface area contributed by atoms with Crippen molar-refractivity contribution < 1.29 is 8.78 Å². The van der Waals surface area contributed by atoms with E-state index >= 15 is 0 Å². The predicted molar refractivity (Wildman–Crippen MR) is 54.9 cm³/mol. The topological polar surface area (TPSA) is 12.0 Å². The lowest BCUT2D eigenvalue weighted by molar-refractivity contribution is 0.252. The Labute approximate surface area is 85.9 Å². The van der Waals surface area contributed by atoms with Crippen LogP contribution in [0.4, 0.5) is 14.5 Å². The Morgan fingerprint density at radius 2 is 2.00 bits per heavy atom. The van der Waals surface area contributed by atoms with Gasteiger partial charge in [0.25, 0.3) is 5.76 Å². The third-order valence-electron chi connectivity index (χ3n) is 2.04. The van der Waals surface area contributed by atoms with Crippen molar-refractivity contribution in [1.29, 1.82) is 0 Å². The molecule has 76 valence electrons. The number of nitrogens with one attached hydrogen (secondary N) is 1. The summed E-state index contributed by atoms with van der Waals surface area (Å²) in [7, 11) is 0. The van der Waals surface area contributed by atoms with Gasteiger partial charge in [-0.2, -0.15) is 8.78 Å². The molecule has 2 rings (SSSR count). The second kappa shape index (κ2) is 4.17. The molecule has 0 bridgehead atoms. The smallest absolute Gasteiger partial charge is 0.288 e. The molecule has 0 saturated heterocycles. The maximum absolute atomic E-state index is 12.2. The zero-order valence-corrected chi connectivity index (χ0v) is 8.36. The second-order valence-corrected chi connectivity index (χ2v) is 4.33. The summed E-state index contributed by atoms with van der Waals surface area (Å²) in [4.78, 5) is 0.634. The van der Waals surface area contributed by atoms with E-state index < -0.39 is 5.76 Å². The average molecular weight is 215 g/mol. The zero-order chi connectivity index (χ0) is 9.97. The molecule has 1 saturated carbocycles. The van der Waals surface area contributed by atoms with Crippen molar-refractivity contribution in [3.8, 4) is 0 Å². The van der Waals surface area contributed by atoms with Crippen LogP contribution in [0.3, 0.4) is 0 Å². The van der Waals surface area contributed by atoms with Crippen molar-refractivity contribution in [2.45, 2.75) is 29.5 Å². The van der Waals surface area contributed by atoms with E-state index in [1.54, 1.807) is 12.1 Å². The molecule has 1 N–H and O–H groups in total. The molecule has 0 radical (unpaired) electrons. The van der Waals surface area contributed by atoms with Gasteiger partial charge in [-0.15, -0.1) is 0 Å². The Kier molecular flexibility index (Phi) is 2.91. The van der Waals surface area contributed by atoms with Gasteiger partial charge in [0.2, 0.25) is 0 Å². The first kappa shape index (κ1) is 9.77. The lowest BCUT2D eigenvalue weighted by atomic mass is 10.3. The van der Waals surface area contributed by atoms with Crippen LogP contribution in [-0.4, -0.2) is 11.8 Å². The number of hydrogen-bond acceptors (Lipinski definition) is 2. The van der Waals surface area contributed by atoms with E-state index in [0.29, 0.717) is 22.7 Å². The summed E-state index contributed by atoms with van der Waals surface area (Å²) < 4.78 is 24.4. The summed E-state index contributed by atoms with van der Waals surface area (Å²) in [6, 6.07) is 7.71. The zero-order valence-electron chi connectivity index (χ0n) is 7.54. The van der Waals surface area contributed by atoms with Crippen molar-refractivity contribution in [3.63, 3.8) is 0 Å². The molecular formula is C10H11F2NS. The fourth-order valence-corrected chi connectivity index (χ4v) is 1.84. The van der Waals surface area contributed by atoms with Gasteiger partial charge in [0.1, 0.15) is 0 Å². The highest BCUT2D eigenvalue weighted by Gasteiger charge is 2.22. The first-order valence-electron chi connectivity index (χ1n) is 4.56. The summed E-state index contributed by atoms with van der Waals surface area (Å²) in [5, 5.41) is 3.24. The number of hydrogen-bond donors (Lipinski definition) is 1. The summed E-state index contributed by atoms with van der Waals surface area (Å²) >= 11 is 0.599. The van der Waals surface area contributed by atoms with Crippen LogP contribution in [0.15, 0.2) is 29.2 Å². The van der Waals surface area contributed by atoms with Gasteiger partial charge in [-0.05, 0) is 25.0 Å². The number of benzene rings is 1. The lowest BCUT2D eigenvalue weighted by Crippen LogP contribution is -2.02. The Morgan fingerprint density at radius 3 is 2.64 bits per heavy atom. The van der Waals surface area contributed by atoms with Gasteiger partial charge >= 0.3 is 0 Å². The molecule has 0 atom stereocenters.